The van der Waals surface area contributed by atoms with E-state index >= 15 is 0 Å². The number of fused-ring (bicyclic) bond motifs is 1. The Morgan fingerprint density at radius 2 is 1.60 bits per heavy atom. The lowest BCUT2D eigenvalue weighted by Crippen LogP contribution is -2.42. The molecule has 2 fully saturated rings. The zero-order chi connectivity index (χ0) is 24.4. The number of rotatable bonds is 6. The summed E-state index contributed by atoms with van der Waals surface area (Å²) in [5.41, 5.74) is 3.29. The quantitative estimate of drug-likeness (QED) is 0.468. The minimum absolute atomic E-state index is 0.0185. The lowest BCUT2D eigenvalue weighted by atomic mass is 9.78. The molecule has 182 valence electrons. The van der Waals surface area contributed by atoms with Crippen molar-refractivity contribution in [1.29, 1.82) is 0 Å². The van der Waals surface area contributed by atoms with Crippen LogP contribution in [0.3, 0.4) is 0 Å². The van der Waals surface area contributed by atoms with Crippen molar-refractivity contribution in [2.24, 2.45) is 11.8 Å². The molecule has 35 heavy (non-hydrogen) atoms. The van der Waals surface area contributed by atoms with Gasteiger partial charge in [-0.25, -0.2) is 0 Å². The predicted molar refractivity (Wildman–Crippen MR) is 131 cm³/mol. The Labute approximate surface area is 205 Å². The van der Waals surface area contributed by atoms with Crippen molar-refractivity contribution < 1.29 is 23.9 Å². The fourth-order valence-corrected chi connectivity index (χ4v) is 5.55. The van der Waals surface area contributed by atoms with Gasteiger partial charge >= 0.3 is 5.97 Å². The molecule has 2 atom stereocenters. The zero-order valence-corrected chi connectivity index (χ0v) is 19.8. The highest BCUT2D eigenvalue weighted by Crippen LogP contribution is 2.36. The summed E-state index contributed by atoms with van der Waals surface area (Å²) in [6, 6.07) is 14.7. The summed E-state index contributed by atoms with van der Waals surface area (Å²) < 4.78 is 5.43. The molecule has 2 unspecified atom stereocenters. The van der Waals surface area contributed by atoms with Gasteiger partial charge in [0.1, 0.15) is 0 Å². The molecule has 0 aromatic heterocycles. The molecule has 2 heterocycles. The number of hydrogen-bond donors (Lipinski definition) is 0. The van der Waals surface area contributed by atoms with Gasteiger partial charge in [-0.15, -0.1) is 0 Å². The van der Waals surface area contributed by atoms with E-state index in [0.717, 1.165) is 42.6 Å². The van der Waals surface area contributed by atoms with Crippen LogP contribution in [0, 0.1) is 11.8 Å². The maximum Gasteiger partial charge on any atom is 0.310 e. The molecule has 2 aliphatic heterocycles. The molecule has 3 aliphatic rings. The second-order valence-electron chi connectivity index (χ2n) is 9.59. The molecule has 0 bridgehead atoms. The second-order valence-corrected chi connectivity index (χ2v) is 9.59. The standard InChI is InChI=1S/C28H30N2O5/c31-25(20-11-13-21(14-12-20)29-16-5-10-26(29)32)18-35-28(34)23-8-3-2-7-22(23)27(33)30-17-15-19-6-1-4-9-24(19)30/h1,4,6,9,11-14,22-23H,2-3,5,7-8,10,15-18H2. The van der Waals surface area contributed by atoms with E-state index in [9.17, 15) is 19.2 Å². The van der Waals surface area contributed by atoms with Crippen molar-refractivity contribution in [3.8, 4) is 0 Å². The third-order valence-electron chi connectivity index (χ3n) is 7.46. The van der Waals surface area contributed by atoms with Gasteiger partial charge in [0.2, 0.25) is 11.8 Å². The van der Waals surface area contributed by atoms with E-state index in [2.05, 4.69) is 0 Å². The molecule has 2 aromatic rings. The van der Waals surface area contributed by atoms with Gasteiger partial charge in [0.25, 0.3) is 0 Å². The van der Waals surface area contributed by atoms with Gasteiger partial charge in [0.15, 0.2) is 12.4 Å². The lowest BCUT2D eigenvalue weighted by Gasteiger charge is -2.32. The predicted octanol–water partition coefficient (Wildman–Crippen LogP) is 3.94. The molecule has 1 saturated carbocycles. The van der Waals surface area contributed by atoms with Crippen molar-refractivity contribution >= 4 is 34.9 Å². The van der Waals surface area contributed by atoms with Gasteiger partial charge in [-0.1, -0.05) is 31.0 Å². The number of Topliss-reactive ketones (excluding diaryl/α,β-unsaturated/α-hetero) is 1. The third kappa shape index (κ3) is 4.72. The molecule has 0 N–H and O–H groups in total. The van der Waals surface area contributed by atoms with Crippen LogP contribution in [0.5, 0.6) is 0 Å². The first kappa shape index (κ1) is 23.3. The molecule has 0 radical (unpaired) electrons. The van der Waals surface area contributed by atoms with E-state index in [1.807, 2.05) is 29.2 Å². The zero-order valence-electron chi connectivity index (χ0n) is 19.8. The van der Waals surface area contributed by atoms with Crippen molar-refractivity contribution in [3.63, 3.8) is 0 Å². The monoisotopic (exact) mass is 474 g/mol. The first-order valence-electron chi connectivity index (χ1n) is 12.5. The van der Waals surface area contributed by atoms with Crippen LogP contribution >= 0.6 is 0 Å². The molecule has 2 amide bonds. The molecule has 1 saturated heterocycles. The highest BCUT2D eigenvalue weighted by molar-refractivity contribution is 6.01. The van der Waals surface area contributed by atoms with Crippen LogP contribution in [0.15, 0.2) is 48.5 Å². The number of carbonyl (C=O) groups excluding carboxylic acids is 4. The molecule has 5 rings (SSSR count). The van der Waals surface area contributed by atoms with Crippen LogP contribution < -0.4 is 9.80 Å². The van der Waals surface area contributed by atoms with Crippen molar-refractivity contribution in [1.82, 2.24) is 0 Å². The number of amides is 2. The Kier molecular flexibility index (Phi) is 6.66. The van der Waals surface area contributed by atoms with E-state index in [4.69, 9.17) is 4.74 Å². The summed E-state index contributed by atoms with van der Waals surface area (Å²) in [6.07, 6.45) is 5.23. The minimum atomic E-state index is -0.527. The largest absolute Gasteiger partial charge is 0.457 e. The normalized spacial score (nSPS) is 21.7. The van der Waals surface area contributed by atoms with E-state index < -0.39 is 17.8 Å². The van der Waals surface area contributed by atoms with E-state index in [0.29, 0.717) is 37.9 Å². The van der Waals surface area contributed by atoms with E-state index in [1.54, 1.807) is 29.2 Å². The highest BCUT2D eigenvalue weighted by Gasteiger charge is 2.40. The van der Waals surface area contributed by atoms with Crippen molar-refractivity contribution in [2.75, 3.05) is 29.5 Å². The topological polar surface area (TPSA) is 84.0 Å². The number of esters is 1. The fraction of sp³-hybridized carbons (Fsp3) is 0.429. The third-order valence-corrected chi connectivity index (χ3v) is 7.46. The number of para-hydroxylation sites is 1. The van der Waals surface area contributed by atoms with Crippen LogP contribution in [-0.2, 0) is 25.5 Å². The van der Waals surface area contributed by atoms with Crippen LogP contribution in [-0.4, -0.2) is 43.3 Å². The Morgan fingerprint density at radius 3 is 2.34 bits per heavy atom. The van der Waals surface area contributed by atoms with Gasteiger partial charge < -0.3 is 14.5 Å². The number of nitrogens with zero attached hydrogens (tertiary/aromatic N) is 2. The summed E-state index contributed by atoms with van der Waals surface area (Å²) in [6.45, 7) is 0.965. The molecule has 7 nitrogen and oxygen atoms in total. The van der Waals surface area contributed by atoms with Crippen LogP contribution in [0.2, 0.25) is 0 Å². The van der Waals surface area contributed by atoms with Gasteiger partial charge in [-0.05, 0) is 61.6 Å². The summed E-state index contributed by atoms with van der Waals surface area (Å²) >= 11 is 0. The molecular formula is C28H30N2O5. The number of hydrogen-bond acceptors (Lipinski definition) is 5. The van der Waals surface area contributed by atoms with E-state index in [1.165, 1.54) is 0 Å². The number of benzene rings is 2. The Bertz CT molecular complexity index is 1140. The van der Waals surface area contributed by atoms with Crippen LogP contribution in [0.1, 0.15) is 54.4 Å². The lowest BCUT2D eigenvalue weighted by molar-refractivity contribution is -0.153. The van der Waals surface area contributed by atoms with Crippen LogP contribution in [0.25, 0.3) is 0 Å². The van der Waals surface area contributed by atoms with E-state index in [-0.39, 0.29) is 24.2 Å². The second kappa shape index (κ2) is 10.0. The number of carbonyl (C=O) groups is 4. The average molecular weight is 475 g/mol. The van der Waals surface area contributed by atoms with Gasteiger partial charge in [0.05, 0.1) is 11.8 Å². The van der Waals surface area contributed by atoms with Crippen molar-refractivity contribution in [3.05, 3.63) is 59.7 Å². The maximum atomic E-state index is 13.4. The number of ether oxygens (including phenoxy) is 1. The van der Waals surface area contributed by atoms with Crippen LogP contribution in [0.4, 0.5) is 11.4 Å². The first-order chi connectivity index (χ1) is 17.0. The molecule has 0 spiro atoms. The molecule has 7 heteroatoms. The SMILES string of the molecule is O=C(COC(=O)C1CCCCC1C(=O)N1CCc2ccccc21)c1ccc(N2CCCC2=O)cc1. The average Bonchev–Trinajstić information content (AvgIpc) is 3.53. The number of ketones is 1. The molecular weight excluding hydrogens is 444 g/mol. The van der Waals surface area contributed by atoms with Gasteiger partial charge in [-0.2, -0.15) is 0 Å². The first-order valence-corrected chi connectivity index (χ1v) is 12.5. The highest BCUT2D eigenvalue weighted by atomic mass is 16.5. The summed E-state index contributed by atoms with van der Waals surface area (Å²) in [7, 11) is 0. The van der Waals surface area contributed by atoms with Crippen molar-refractivity contribution in [2.45, 2.75) is 44.9 Å². The van der Waals surface area contributed by atoms with Gasteiger partial charge in [0, 0.05) is 36.4 Å². The summed E-state index contributed by atoms with van der Waals surface area (Å²) in [5, 5.41) is 0. The minimum Gasteiger partial charge on any atom is -0.457 e. The molecule has 2 aromatic carbocycles. The Balaban J connectivity index is 1.20. The summed E-state index contributed by atoms with van der Waals surface area (Å²) in [5.74, 6) is -1.65. The molecule has 1 aliphatic carbocycles. The Morgan fingerprint density at radius 1 is 0.857 bits per heavy atom. The maximum absolute atomic E-state index is 13.4. The Hall–Kier alpha value is -3.48. The smallest absolute Gasteiger partial charge is 0.310 e. The van der Waals surface area contributed by atoms with Gasteiger partial charge in [-0.3, -0.25) is 19.2 Å². The number of anilines is 2. The fourth-order valence-electron chi connectivity index (χ4n) is 5.55. The summed E-state index contributed by atoms with van der Waals surface area (Å²) in [4.78, 5) is 54.5.